The van der Waals surface area contributed by atoms with Gasteiger partial charge in [-0.1, -0.05) is 30.3 Å². The van der Waals surface area contributed by atoms with Crippen molar-refractivity contribution >= 4 is 40.1 Å². The standard InChI is InChI=1S/C26H22N2O5/c1-3-32-26(31)17-12-14-18(15-13-17)27-25(30)23-22(20-10-6-7-11-21(20)33-23)28-24(29)19-9-5-4-8-16(19)2/h4-15H,3H2,1-2H3,(H,27,30)(H,28,29). The van der Waals surface area contributed by atoms with Crippen molar-refractivity contribution in [2.75, 3.05) is 17.2 Å². The van der Waals surface area contributed by atoms with Crippen molar-refractivity contribution in [2.24, 2.45) is 0 Å². The predicted octanol–water partition coefficient (Wildman–Crippen LogP) is 5.42. The SMILES string of the molecule is CCOC(=O)c1ccc(NC(=O)c2oc3ccccc3c2NC(=O)c2ccccc2C)cc1. The highest BCUT2D eigenvalue weighted by Crippen LogP contribution is 2.32. The predicted molar refractivity (Wildman–Crippen MR) is 126 cm³/mol. The van der Waals surface area contributed by atoms with Crippen molar-refractivity contribution in [1.29, 1.82) is 0 Å². The number of hydrogen-bond acceptors (Lipinski definition) is 5. The zero-order valence-electron chi connectivity index (χ0n) is 18.2. The molecule has 0 aliphatic heterocycles. The van der Waals surface area contributed by atoms with Crippen LogP contribution in [0.15, 0.2) is 77.2 Å². The van der Waals surface area contributed by atoms with Crippen LogP contribution in [0.2, 0.25) is 0 Å². The van der Waals surface area contributed by atoms with Crippen LogP contribution in [-0.4, -0.2) is 24.4 Å². The zero-order chi connectivity index (χ0) is 23.4. The summed E-state index contributed by atoms with van der Waals surface area (Å²) in [5.41, 5.74) is 2.92. The Kier molecular flexibility index (Phi) is 6.22. The van der Waals surface area contributed by atoms with Crippen molar-refractivity contribution < 1.29 is 23.5 Å². The molecule has 2 N–H and O–H groups in total. The van der Waals surface area contributed by atoms with Crippen molar-refractivity contribution in [3.63, 3.8) is 0 Å². The van der Waals surface area contributed by atoms with Gasteiger partial charge in [0.05, 0.1) is 12.2 Å². The number of nitrogens with one attached hydrogen (secondary N) is 2. The van der Waals surface area contributed by atoms with Gasteiger partial charge in [-0.05, 0) is 61.9 Å². The molecule has 0 spiro atoms. The molecular weight excluding hydrogens is 420 g/mol. The van der Waals surface area contributed by atoms with Crippen LogP contribution >= 0.6 is 0 Å². The molecule has 1 aromatic heterocycles. The molecule has 7 nitrogen and oxygen atoms in total. The van der Waals surface area contributed by atoms with Crippen molar-refractivity contribution in [3.05, 3.63) is 95.2 Å². The Bertz CT molecular complexity index is 1340. The minimum Gasteiger partial charge on any atom is -0.462 e. The molecule has 1 heterocycles. The normalized spacial score (nSPS) is 10.6. The highest BCUT2D eigenvalue weighted by molar-refractivity contribution is 6.17. The van der Waals surface area contributed by atoms with E-state index >= 15 is 0 Å². The topological polar surface area (TPSA) is 97.6 Å². The molecule has 0 radical (unpaired) electrons. The Hall–Kier alpha value is -4.39. The van der Waals surface area contributed by atoms with Gasteiger partial charge in [-0.2, -0.15) is 0 Å². The highest BCUT2D eigenvalue weighted by atomic mass is 16.5. The lowest BCUT2D eigenvalue weighted by Gasteiger charge is -2.09. The minimum atomic E-state index is -0.532. The smallest absolute Gasteiger partial charge is 0.338 e. The van der Waals surface area contributed by atoms with E-state index in [9.17, 15) is 14.4 Å². The van der Waals surface area contributed by atoms with Crippen molar-refractivity contribution in [2.45, 2.75) is 13.8 Å². The number of anilines is 2. The molecule has 4 aromatic rings. The molecule has 2 amide bonds. The second-order valence-electron chi connectivity index (χ2n) is 7.32. The number of benzene rings is 3. The first kappa shape index (κ1) is 21.8. The monoisotopic (exact) mass is 442 g/mol. The number of aryl methyl sites for hydroxylation is 1. The van der Waals surface area contributed by atoms with E-state index in [2.05, 4.69) is 10.6 Å². The van der Waals surface area contributed by atoms with E-state index in [1.54, 1.807) is 67.6 Å². The third-order valence-electron chi connectivity index (χ3n) is 5.08. The van der Waals surface area contributed by atoms with Gasteiger partial charge >= 0.3 is 5.97 Å². The van der Waals surface area contributed by atoms with Crippen LogP contribution in [0.4, 0.5) is 11.4 Å². The summed E-state index contributed by atoms with van der Waals surface area (Å²) >= 11 is 0. The summed E-state index contributed by atoms with van der Waals surface area (Å²) in [4.78, 5) is 37.8. The first-order chi connectivity index (χ1) is 16.0. The average Bonchev–Trinajstić information content (AvgIpc) is 3.18. The van der Waals surface area contributed by atoms with E-state index in [0.717, 1.165) is 5.56 Å². The van der Waals surface area contributed by atoms with E-state index in [4.69, 9.17) is 9.15 Å². The van der Waals surface area contributed by atoms with E-state index in [1.165, 1.54) is 0 Å². The van der Waals surface area contributed by atoms with Gasteiger partial charge in [-0.15, -0.1) is 0 Å². The van der Waals surface area contributed by atoms with Crippen LogP contribution in [-0.2, 0) is 4.74 Å². The van der Waals surface area contributed by atoms with E-state index in [-0.39, 0.29) is 18.3 Å². The Morgan fingerprint density at radius 2 is 1.55 bits per heavy atom. The van der Waals surface area contributed by atoms with Gasteiger partial charge in [-0.25, -0.2) is 4.79 Å². The highest BCUT2D eigenvalue weighted by Gasteiger charge is 2.23. The van der Waals surface area contributed by atoms with Gasteiger partial charge in [-0.3, -0.25) is 9.59 Å². The molecule has 0 aliphatic rings. The molecule has 33 heavy (non-hydrogen) atoms. The number of para-hydroxylation sites is 1. The summed E-state index contributed by atoms with van der Waals surface area (Å²) in [5.74, 6) is -1.33. The molecule has 3 aromatic carbocycles. The molecular formula is C26H22N2O5. The van der Waals surface area contributed by atoms with Gasteiger partial charge in [0.15, 0.2) is 0 Å². The lowest BCUT2D eigenvalue weighted by molar-refractivity contribution is 0.0526. The molecule has 0 bridgehead atoms. The maximum absolute atomic E-state index is 13.1. The Morgan fingerprint density at radius 1 is 0.848 bits per heavy atom. The van der Waals surface area contributed by atoms with E-state index < -0.39 is 11.9 Å². The van der Waals surface area contributed by atoms with Crippen LogP contribution < -0.4 is 10.6 Å². The molecule has 7 heteroatoms. The fourth-order valence-electron chi connectivity index (χ4n) is 3.43. The van der Waals surface area contributed by atoms with Crippen LogP contribution in [0.1, 0.15) is 43.8 Å². The summed E-state index contributed by atoms with van der Waals surface area (Å²) in [6, 6.07) is 20.6. The number of amides is 2. The third-order valence-corrected chi connectivity index (χ3v) is 5.08. The Balaban J connectivity index is 1.62. The number of furan rings is 1. The van der Waals surface area contributed by atoms with Crippen molar-refractivity contribution in [3.8, 4) is 0 Å². The maximum Gasteiger partial charge on any atom is 0.338 e. The summed E-state index contributed by atoms with van der Waals surface area (Å²) in [6.07, 6.45) is 0. The number of carbonyl (C=O) groups excluding carboxylic acids is 3. The number of ether oxygens (including phenoxy) is 1. The second-order valence-corrected chi connectivity index (χ2v) is 7.32. The molecule has 166 valence electrons. The molecule has 0 fully saturated rings. The van der Waals surface area contributed by atoms with Crippen LogP contribution in [0.5, 0.6) is 0 Å². The van der Waals surface area contributed by atoms with Crippen LogP contribution in [0.3, 0.4) is 0 Å². The van der Waals surface area contributed by atoms with Crippen LogP contribution in [0, 0.1) is 6.92 Å². The molecule has 0 saturated heterocycles. The summed E-state index contributed by atoms with van der Waals surface area (Å²) in [6.45, 7) is 3.85. The number of rotatable bonds is 6. The first-order valence-electron chi connectivity index (χ1n) is 10.4. The van der Waals surface area contributed by atoms with Crippen LogP contribution in [0.25, 0.3) is 11.0 Å². The average molecular weight is 442 g/mol. The lowest BCUT2D eigenvalue weighted by atomic mass is 10.1. The summed E-state index contributed by atoms with van der Waals surface area (Å²) < 4.78 is 10.8. The Labute approximate surface area is 190 Å². The molecule has 4 rings (SSSR count). The molecule has 0 atom stereocenters. The quantitative estimate of drug-likeness (QED) is 0.389. The van der Waals surface area contributed by atoms with Gasteiger partial charge in [0.2, 0.25) is 5.76 Å². The summed E-state index contributed by atoms with van der Waals surface area (Å²) in [7, 11) is 0. The summed E-state index contributed by atoms with van der Waals surface area (Å²) in [5, 5.41) is 6.20. The molecule has 0 saturated carbocycles. The zero-order valence-corrected chi connectivity index (χ0v) is 18.2. The van der Waals surface area contributed by atoms with Gasteiger partial charge in [0.1, 0.15) is 11.3 Å². The lowest BCUT2D eigenvalue weighted by Crippen LogP contribution is -2.18. The first-order valence-corrected chi connectivity index (χ1v) is 10.4. The van der Waals surface area contributed by atoms with E-state index in [1.807, 2.05) is 19.1 Å². The third kappa shape index (κ3) is 4.62. The maximum atomic E-state index is 13.1. The van der Waals surface area contributed by atoms with Gasteiger partial charge < -0.3 is 19.8 Å². The second kappa shape index (κ2) is 9.40. The van der Waals surface area contributed by atoms with Gasteiger partial charge in [0.25, 0.3) is 11.8 Å². The fraction of sp³-hybridized carbons (Fsp3) is 0.115. The molecule has 0 unspecified atom stereocenters. The Morgan fingerprint density at radius 3 is 2.27 bits per heavy atom. The largest absolute Gasteiger partial charge is 0.462 e. The number of carbonyl (C=O) groups is 3. The van der Waals surface area contributed by atoms with Crippen molar-refractivity contribution in [1.82, 2.24) is 0 Å². The number of esters is 1. The van der Waals surface area contributed by atoms with E-state index in [0.29, 0.717) is 33.5 Å². The minimum absolute atomic E-state index is 0.0207. The number of hydrogen-bond donors (Lipinski definition) is 2. The van der Waals surface area contributed by atoms with Gasteiger partial charge in [0, 0.05) is 16.6 Å². The molecule has 0 aliphatic carbocycles. The fourth-order valence-corrected chi connectivity index (χ4v) is 3.43. The number of fused-ring (bicyclic) bond motifs is 1.